The molecule has 0 bridgehead atoms. The zero-order valence-corrected chi connectivity index (χ0v) is 9.84. The summed E-state index contributed by atoms with van der Waals surface area (Å²) in [7, 11) is 0. The van der Waals surface area contributed by atoms with E-state index in [1.54, 1.807) is 0 Å². The first-order valence-electron chi connectivity index (χ1n) is 5.66. The van der Waals surface area contributed by atoms with E-state index in [0.717, 1.165) is 0 Å². The largest absolute Gasteiger partial charge is 0.368 e. The van der Waals surface area contributed by atoms with Crippen LogP contribution in [0.3, 0.4) is 0 Å². The van der Waals surface area contributed by atoms with Gasteiger partial charge in [0.1, 0.15) is 6.61 Å². The first-order valence-corrected chi connectivity index (χ1v) is 5.66. The lowest BCUT2D eigenvalue weighted by Crippen LogP contribution is -2.40. The fraction of sp³-hybridized carbons (Fsp3) is 0.455. The van der Waals surface area contributed by atoms with Gasteiger partial charge in [0.15, 0.2) is 6.29 Å². The van der Waals surface area contributed by atoms with Crippen LogP contribution in [0.4, 0.5) is 5.69 Å². The Labute approximate surface area is 107 Å². The minimum absolute atomic E-state index is 0.0750. The molecule has 8 nitrogen and oxygen atoms in total. The lowest BCUT2D eigenvalue weighted by atomic mass is 9.87. The lowest BCUT2D eigenvalue weighted by molar-refractivity contribution is -0.538. The zero-order chi connectivity index (χ0) is 14.0. The van der Waals surface area contributed by atoms with Crippen LogP contribution in [-0.2, 0) is 4.74 Å². The van der Waals surface area contributed by atoms with Crippen molar-refractivity contribution in [1.82, 2.24) is 0 Å². The average Bonchev–Trinajstić information content (AvgIpc) is 2.38. The second kappa shape index (κ2) is 5.29. The predicted octanol–water partition coefficient (Wildman–Crippen LogP) is 1.06. The van der Waals surface area contributed by atoms with Crippen LogP contribution >= 0.6 is 0 Å². The van der Waals surface area contributed by atoms with Crippen LogP contribution < -0.4 is 0 Å². The number of rotatable bonds is 3. The minimum atomic E-state index is -1.05. The van der Waals surface area contributed by atoms with Gasteiger partial charge in [-0.1, -0.05) is 12.1 Å². The second-order valence-corrected chi connectivity index (χ2v) is 4.33. The Morgan fingerprint density at radius 1 is 1.21 bits per heavy atom. The van der Waals surface area contributed by atoms with E-state index in [0.29, 0.717) is 5.56 Å². The summed E-state index contributed by atoms with van der Waals surface area (Å²) < 4.78 is 4.87. The van der Waals surface area contributed by atoms with Crippen LogP contribution in [0, 0.1) is 20.2 Å². The number of nitro benzene ring substituents is 1. The maximum absolute atomic E-state index is 11.0. The number of hydrogen-bond donors (Lipinski definition) is 1. The van der Waals surface area contributed by atoms with Crippen LogP contribution in [0.2, 0.25) is 0 Å². The van der Waals surface area contributed by atoms with Crippen molar-refractivity contribution in [2.24, 2.45) is 0 Å². The molecule has 1 N–H and O–H groups in total. The molecular formula is C11H12N2O6. The highest BCUT2D eigenvalue weighted by atomic mass is 16.6. The highest BCUT2D eigenvalue weighted by Crippen LogP contribution is 2.32. The van der Waals surface area contributed by atoms with Gasteiger partial charge in [-0.05, 0) is 5.56 Å². The molecule has 1 aromatic rings. The first kappa shape index (κ1) is 13.4. The van der Waals surface area contributed by atoms with Gasteiger partial charge in [0.25, 0.3) is 5.69 Å². The second-order valence-electron chi connectivity index (χ2n) is 4.33. The van der Waals surface area contributed by atoms with Crippen molar-refractivity contribution in [2.45, 2.75) is 24.7 Å². The third-order valence-electron chi connectivity index (χ3n) is 3.18. The Morgan fingerprint density at radius 2 is 1.84 bits per heavy atom. The number of aliphatic hydroxyl groups is 1. The fourth-order valence-corrected chi connectivity index (χ4v) is 2.18. The molecule has 2 rings (SSSR count). The number of benzene rings is 1. The summed E-state index contributed by atoms with van der Waals surface area (Å²) in [6.45, 7) is -0.171. The third-order valence-corrected chi connectivity index (χ3v) is 3.18. The average molecular weight is 268 g/mol. The van der Waals surface area contributed by atoms with Gasteiger partial charge in [0, 0.05) is 23.5 Å². The number of aliphatic hydroxyl groups excluding tert-OH is 1. The van der Waals surface area contributed by atoms with E-state index in [2.05, 4.69) is 0 Å². The van der Waals surface area contributed by atoms with Gasteiger partial charge in [-0.15, -0.1) is 0 Å². The molecule has 0 aliphatic carbocycles. The number of ether oxygens (including phenoxy) is 1. The molecule has 1 fully saturated rings. The van der Waals surface area contributed by atoms with E-state index in [4.69, 9.17) is 4.74 Å². The SMILES string of the molecule is O=[N+]([O-])c1ccc([C@@H]2CC(O)OC[C@H]2[N+](=O)[O-])cc1. The Morgan fingerprint density at radius 3 is 2.37 bits per heavy atom. The summed E-state index contributed by atoms with van der Waals surface area (Å²) in [6.07, 6.45) is -0.944. The van der Waals surface area contributed by atoms with E-state index >= 15 is 0 Å². The van der Waals surface area contributed by atoms with Gasteiger partial charge in [0.05, 0.1) is 10.8 Å². The van der Waals surface area contributed by atoms with Gasteiger partial charge >= 0.3 is 0 Å². The van der Waals surface area contributed by atoms with Crippen LogP contribution in [0.1, 0.15) is 17.9 Å². The number of nitrogens with zero attached hydrogens (tertiary/aromatic N) is 2. The molecule has 0 saturated carbocycles. The van der Waals surface area contributed by atoms with Crippen molar-refractivity contribution in [3.8, 4) is 0 Å². The van der Waals surface area contributed by atoms with Crippen LogP contribution in [0.15, 0.2) is 24.3 Å². The molecule has 0 spiro atoms. The van der Waals surface area contributed by atoms with Crippen molar-refractivity contribution >= 4 is 5.69 Å². The maximum Gasteiger partial charge on any atom is 0.269 e. The van der Waals surface area contributed by atoms with Crippen molar-refractivity contribution in [3.63, 3.8) is 0 Å². The summed E-state index contributed by atoms with van der Waals surface area (Å²) in [5, 5.41) is 30.9. The molecule has 1 saturated heterocycles. The normalized spacial score (nSPS) is 26.9. The molecule has 1 aliphatic heterocycles. The van der Waals surface area contributed by atoms with Gasteiger partial charge < -0.3 is 9.84 Å². The van der Waals surface area contributed by atoms with E-state index in [1.807, 2.05) is 0 Å². The smallest absolute Gasteiger partial charge is 0.269 e. The van der Waals surface area contributed by atoms with Crippen LogP contribution in [-0.4, -0.2) is 33.9 Å². The van der Waals surface area contributed by atoms with E-state index < -0.39 is 28.1 Å². The minimum Gasteiger partial charge on any atom is -0.368 e. The summed E-state index contributed by atoms with van der Waals surface area (Å²) in [6, 6.07) is 4.61. The van der Waals surface area contributed by atoms with E-state index in [-0.39, 0.29) is 18.7 Å². The third kappa shape index (κ3) is 2.85. The van der Waals surface area contributed by atoms with E-state index in [9.17, 15) is 25.3 Å². The molecule has 0 radical (unpaired) electrons. The quantitative estimate of drug-likeness (QED) is 0.647. The van der Waals surface area contributed by atoms with Gasteiger partial charge in [-0.25, -0.2) is 0 Å². The Bertz CT molecular complexity index is 488. The van der Waals surface area contributed by atoms with Crippen LogP contribution in [0.5, 0.6) is 0 Å². The standard InChI is InChI=1S/C11H12N2O6/c14-11-5-9(10(6-19-11)13(17)18)7-1-3-8(4-2-7)12(15)16/h1-4,9-11,14H,5-6H2/t9-,10+,11?/m0/s1. The summed E-state index contributed by atoms with van der Waals surface area (Å²) in [5.41, 5.74) is 0.517. The Hall–Kier alpha value is -2.06. The molecule has 8 heteroatoms. The number of hydrogen-bond acceptors (Lipinski definition) is 6. The molecule has 1 heterocycles. The maximum atomic E-state index is 11.0. The van der Waals surface area contributed by atoms with Crippen molar-refractivity contribution in [3.05, 3.63) is 50.1 Å². The highest BCUT2D eigenvalue weighted by molar-refractivity contribution is 5.35. The molecule has 1 aromatic carbocycles. The monoisotopic (exact) mass is 268 g/mol. The molecule has 0 aromatic heterocycles. The van der Waals surface area contributed by atoms with Crippen molar-refractivity contribution in [2.75, 3.05) is 6.61 Å². The predicted molar refractivity (Wildman–Crippen MR) is 63.2 cm³/mol. The Kier molecular flexibility index (Phi) is 3.72. The molecule has 1 unspecified atom stereocenters. The summed E-state index contributed by atoms with van der Waals surface area (Å²) in [5.74, 6) is -0.514. The molecule has 102 valence electrons. The fourth-order valence-electron chi connectivity index (χ4n) is 2.18. The summed E-state index contributed by atoms with van der Waals surface area (Å²) in [4.78, 5) is 20.5. The van der Waals surface area contributed by atoms with Crippen LogP contribution in [0.25, 0.3) is 0 Å². The van der Waals surface area contributed by atoms with Gasteiger partial charge in [-0.3, -0.25) is 20.2 Å². The topological polar surface area (TPSA) is 116 Å². The number of non-ortho nitro benzene ring substituents is 1. The molecule has 0 amide bonds. The van der Waals surface area contributed by atoms with Gasteiger partial charge in [-0.2, -0.15) is 0 Å². The van der Waals surface area contributed by atoms with Crippen molar-refractivity contribution in [1.29, 1.82) is 0 Å². The highest BCUT2D eigenvalue weighted by Gasteiger charge is 2.39. The molecule has 19 heavy (non-hydrogen) atoms. The van der Waals surface area contributed by atoms with Gasteiger partial charge in [0.2, 0.25) is 6.04 Å². The first-order chi connectivity index (χ1) is 8.99. The lowest BCUT2D eigenvalue weighted by Gasteiger charge is -2.29. The molecule has 1 aliphatic rings. The molecule has 3 atom stereocenters. The zero-order valence-electron chi connectivity index (χ0n) is 9.84. The summed E-state index contributed by atoms with van der Waals surface area (Å²) >= 11 is 0. The number of nitro groups is 2. The Balaban J connectivity index is 2.25. The van der Waals surface area contributed by atoms with Crippen molar-refractivity contribution < 1.29 is 19.7 Å². The van der Waals surface area contributed by atoms with E-state index in [1.165, 1.54) is 24.3 Å². The molecular weight excluding hydrogens is 256 g/mol.